The van der Waals surface area contributed by atoms with Crippen LogP contribution in [0.5, 0.6) is 5.88 Å². The summed E-state index contributed by atoms with van der Waals surface area (Å²) in [7, 11) is -1.72. The third-order valence-corrected chi connectivity index (χ3v) is 3.47. The summed E-state index contributed by atoms with van der Waals surface area (Å²) in [5, 5.41) is 0. The molecule has 0 aromatic carbocycles. The van der Waals surface area contributed by atoms with Gasteiger partial charge >= 0.3 is 0 Å². The summed E-state index contributed by atoms with van der Waals surface area (Å²) in [5.41, 5.74) is 1.17. The van der Waals surface area contributed by atoms with E-state index >= 15 is 0 Å². The number of aromatic amines is 1. The first-order valence-electron chi connectivity index (χ1n) is 5.34. The number of sulfonamides is 1. The van der Waals surface area contributed by atoms with Crippen LogP contribution in [0, 0.1) is 4.77 Å². The van der Waals surface area contributed by atoms with Crippen molar-refractivity contribution in [2.45, 2.75) is 6.54 Å². The van der Waals surface area contributed by atoms with Crippen molar-refractivity contribution in [3.8, 4) is 5.88 Å². The number of fused-ring (bicyclic) bond motifs is 1. The number of imidazole rings is 1. The monoisotopic (exact) mass is 303 g/mol. The van der Waals surface area contributed by atoms with Gasteiger partial charge in [0, 0.05) is 13.1 Å². The number of hydrogen-bond acceptors (Lipinski definition) is 6. The molecule has 2 heterocycles. The molecule has 0 saturated carbocycles. The van der Waals surface area contributed by atoms with Crippen LogP contribution in [-0.2, 0) is 16.6 Å². The summed E-state index contributed by atoms with van der Waals surface area (Å²) in [5.74, 6) is 0.394. The molecule has 2 rings (SSSR count). The third kappa shape index (κ3) is 3.08. The highest BCUT2D eigenvalue weighted by atomic mass is 32.2. The first kappa shape index (κ1) is 13.9. The summed E-state index contributed by atoms with van der Waals surface area (Å²) in [6.07, 6.45) is 2.47. The molecular weight excluding hydrogens is 290 g/mol. The molecule has 0 fully saturated rings. The smallest absolute Gasteiger partial charge is 0.242 e. The molecule has 0 aliphatic heterocycles. The van der Waals surface area contributed by atoms with E-state index in [1.807, 2.05) is 0 Å². The van der Waals surface area contributed by atoms with Crippen molar-refractivity contribution in [1.82, 2.24) is 24.2 Å². The molecule has 0 saturated heterocycles. The standard InChI is InChI=1S/C9H13N5O3S2/c1-17-8-6-7(10-5-11-8)14(9(18)13-6)4-3-12-19(2,15)16/h5,12H,3-4H2,1-2H3,(H,13,18). The van der Waals surface area contributed by atoms with Gasteiger partial charge in [0.15, 0.2) is 10.4 Å². The SMILES string of the molecule is COc1ncnc2c1[nH]c(=S)n2CCNS(C)(=O)=O. The molecule has 0 amide bonds. The molecule has 8 nitrogen and oxygen atoms in total. The fourth-order valence-electron chi connectivity index (χ4n) is 1.65. The molecule has 0 spiro atoms. The van der Waals surface area contributed by atoms with E-state index < -0.39 is 10.0 Å². The minimum absolute atomic E-state index is 0.229. The van der Waals surface area contributed by atoms with Gasteiger partial charge in [0.05, 0.1) is 13.4 Å². The Morgan fingerprint density at radius 3 is 2.89 bits per heavy atom. The van der Waals surface area contributed by atoms with Crippen molar-refractivity contribution < 1.29 is 13.2 Å². The second kappa shape index (κ2) is 5.23. The zero-order valence-corrected chi connectivity index (χ0v) is 12.0. The molecule has 2 N–H and O–H groups in total. The Balaban J connectivity index is 2.33. The van der Waals surface area contributed by atoms with Gasteiger partial charge in [-0.05, 0) is 12.2 Å². The van der Waals surface area contributed by atoms with Crippen LogP contribution in [-0.4, -0.2) is 47.8 Å². The highest BCUT2D eigenvalue weighted by Gasteiger charge is 2.11. The Morgan fingerprint density at radius 1 is 1.53 bits per heavy atom. The molecule has 104 valence electrons. The van der Waals surface area contributed by atoms with Crippen molar-refractivity contribution >= 4 is 33.4 Å². The third-order valence-electron chi connectivity index (χ3n) is 2.42. The number of nitrogens with one attached hydrogen (secondary N) is 2. The van der Waals surface area contributed by atoms with Crippen LogP contribution in [0.25, 0.3) is 11.2 Å². The highest BCUT2D eigenvalue weighted by molar-refractivity contribution is 7.88. The molecule has 2 aromatic heterocycles. The second-order valence-corrected chi connectivity index (χ2v) is 6.05. The Hall–Kier alpha value is -1.52. The maximum Gasteiger partial charge on any atom is 0.242 e. The van der Waals surface area contributed by atoms with Crippen LogP contribution >= 0.6 is 12.2 Å². The van der Waals surface area contributed by atoms with Crippen LogP contribution in [0.2, 0.25) is 0 Å². The van der Waals surface area contributed by atoms with Crippen molar-refractivity contribution in [2.24, 2.45) is 0 Å². The van der Waals surface area contributed by atoms with Crippen LogP contribution in [0.1, 0.15) is 0 Å². The van der Waals surface area contributed by atoms with Gasteiger partial charge in [-0.15, -0.1) is 0 Å². The van der Waals surface area contributed by atoms with Gasteiger partial charge in [0.1, 0.15) is 11.8 Å². The van der Waals surface area contributed by atoms with Crippen LogP contribution in [0.15, 0.2) is 6.33 Å². The lowest BCUT2D eigenvalue weighted by atomic mass is 10.5. The van der Waals surface area contributed by atoms with E-state index in [2.05, 4.69) is 19.7 Å². The first-order chi connectivity index (χ1) is 8.92. The normalized spacial score (nSPS) is 11.9. The van der Waals surface area contributed by atoms with Gasteiger partial charge in [0.25, 0.3) is 0 Å². The van der Waals surface area contributed by atoms with Gasteiger partial charge in [0.2, 0.25) is 15.9 Å². The summed E-state index contributed by atoms with van der Waals surface area (Å²) >= 11 is 5.17. The maximum atomic E-state index is 11.0. The van der Waals surface area contributed by atoms with Crippen LogP contribution in [0.4, 0.5) is 0 Å². The average Bonchev–Trinajstić information content (AvgIpc) is 2.64. The van der Waals surface area contributed by atoms with Gasteiger partial charge in [-0.3, -0.25) is 4.57 Å². The quantitative estimate of drug-likeness (QED) is 0.757. The predicted molar refractivity (Wildman–Crippen MR) is 72.1 cm³/mol. The van der Waals surface area contributed by atoms with Gasteiger partial charge in [-0.2, -0.15) is 4.98 Å². The van der Waals surface area contributed by atoms with Gasteiger partial charge in [-0.1, -0.05) is 0 Å². The lowest BCUT2D eigenvalue weighted by Crippen LogP contribution is -2.26. The van der Waals surface area contributed by atoms with E-state index in [-0.39, 0.29) is 6.54 Å². The molecule has 0 bridgehead atoms. The second-order valence-electron chi connectivity index (χ2n) is 3.83. The fourth-order valence-corrected chi connectivity index (χ4v) is 2.39. The summed E-state index contributed by atoms with van der Waals surface area (Å²) in [6.45, 7) is 0.596. The summed E-state index contributed by atoms with van der Waals surface area (Å²) in [6, 6.07) is 0. The van der Waals surface area contributed by atoms with Crippen molar-refractivity contribution in [1.29, 1.82) is 0 Å². The number of ether oxygens (including phenoxy) is 1. The number of rotatable bonds is 5. The van der Waals surface area contributed by atoms with E-state index in [0.29, 0.717) is 28.4 Å². The minimum atomic E-state index is -3.22. The Morgan fingerprint density at radius 2 is 2.26 bits per heavy atom. The molecule has 0 aliphatic rings. The number of H-pyrrole nitrogens is 1. The lowest BCUT2D eigenvalue weighted by Gasteiger charge is -2.04. The minimum Gasteiger partial charge on any atom is -0.479 e. The van der Waals surface area contributed by atoms with E-state index in [4.69, 9.17) is 17.0 Å². The van der Waals surface area contributed by atoms with Crippen molar-refractivity contribution in [3.05, 3.63) is 11.1 Å². The molecule has 0 unspecified atom stereocenters. The molecule has 0 aliphatic carbocycles. The Labute approximate surface area is 114 Å². The fraction of sp³-hybridized carbons (Fsp3) is 0.444. The number of aromatic nitrogens is 4. The number of nitrogens with zero attached hydrogens (tertiary/aromatic N) is 3. The Bertz CT molecular complexity index is 749. The lowest BCUT2D eigenvalue weighted by molar-refractivity contribution is 0.401. The molecular formula is C9H13N5O3S2. The van der Waals surface area contributed by atoms with Crippen LogP contribution < -0.4 is 9.46 Å². The van der Waals surface area contributed by atoms with E-state index in [1.165, 1.54) is 13.4 Å². The maximum absolute atomic E-state index is 11.0. The largest absolute Gasteiger partial charge is 0.479 e. The highest BCUT2D eigenvalue weighted by Crippen LogP contribution is 2.19. The zero-order chi connectivity index (χ0) is 14.0. The van der Waals surface area contributed by atoms with E-state index in [9.17, 15) is 8.42 Å². The summed E-state index contributed by atoms with van der Waals surface area (Å²) < 4.78 is 31.6. The first-order valence-corrected chi connectivity index (χ1v) is 7.64. The van der Waals surface area contributed by atoms with E-state index in [0.717, 1.165) is 6.26 Å². The molecule has 2 aromatic rings. The van der Waals surface area contributed by atoms with Crippen molar-refractivity contribution in [2.75, 3.05) is 19.9 Å². The summed E-state index contributed by atoms with van der Waals surface area (Å²) in [4.78, 5) is 11.0. The molecule has 0 atom stereocenters. The molecule has 10 heteroatoms. The number of methoxy groups -OCH3 is 1. The molecule has 0 radical (unpaired) electrons. The van der Waals surface area contributed by atoms with Gasteiger partial charge in [-0.25, -0.2) is 18.1 Å². The molecule has 19 heavy (non-hydrogen) atoms. The van der Waals surface area contributed by atoms with Crippen LogP contribution in [0.3, 0.4) is 0 Å². The number of hydrogen-bond donors (Lipinski definition) is 2. The zero-order valence-electron chi connectivity index (χ0n) is 10.4. The van der Waals surface area contributed by atoms with Gasteiger partial charge < -0.3 is 9.72 Å². The Kier molecular flexibility index (Phi) is 3.83. The van der Waals surface area contributed by atoms with Crippen molar-refractivity contribution in [3.63, 3.8) is 0 Å². The topological polar surface area (TPSA) is 102 Å². The van der Waals surface area contributed by atoms with E-state index in [1.54, 1.807) is 4.57 Å². The predicted octanol–water partition coefficient (Wildman–Crippen LogP) is 0.0467. The average molecular weight is 303 g/mol.